The van der Waals surface area contributed by atoms with Crippen molar-refractivity contribution in [1.29, 1.82) is 0 Å². The standard InChI is InChI=1S/C19H28N2O2/c1-13(2)10-18(22)19(23)21-9-5-6-17(12-21)20-16-8-7-14(3)15(4)11-16/h7-8,11,13,17,20H,5-6,9-10,12H2,1-4H3/t17-/m1/s1. The molecule has 1 fully saturated rings. The van der Waals surface area contributed by atoms with Crippen LogP contribution in [0.2, 0.25) is 0 Å². The normalized spacial score (nSPS) is 18.1. The minimum atomic E-state index is -0.315. The lowest BCUT2D eigenvalue weighted by Crippen LogP contribution is -2.47. The van der Waals surface area contributed by atoms with Crippen LogP contribution in [-0.4, -0.2) is 35.7 Å². The SMILES string of the molecule is Cc1ccc(N[C@@H]2CCCN(C(=O)C(=O)CC(C)C)C2)cc1C. The van der Waals surface area contributed by atoms with Crippen molar-refractivity contribution in [3.05, 3.63) is 29.3 Å². The van der Waals surface area contributed by atoms with Crippen molar-refractivity contribution < 1.29 is 9.59 Å². The molecule has 0 aromatic heterocycles. The lowest BCUT2D eigenvalue weighted by molar-refractivity contribution is -0.145. The van der Waals surface area contributed by atoms with Gasteiger partial charge >= 0.3 is 0 Å². The molecule has 4 heteroatoms. The Labute approximate surface area is 139 Å². The Morgan fingerprint density at radius 2 is 2.00 bits per heavy atom. The van der Waals surface area contributed by atoms with Crippen LogP contribution in [0.4, 0.5) is 5.69 Å². The second-order valence-electron chi connectivity index (χ2n) is 7.05. The molecule has 1 aliphatic heterocycles. The number of nitrogens with one attached hydrogen (secondary N) is 1. The van der Waals surface area contributed by atoms with Crippen LogP contribution in [0.1, 0.15) is 44.2 Å². The van der Waals surface area contributed by atoms with E-state index in [0.29, 0.717) is 19.5 Å². The van der Waals surface area contributed by atoms with Crippen LogP contribution >= 0.6 is 0 Å². The van der Waals surface area contributed by atoms with Gasteiger partial charge in [-0.05, 0) is 55.9 Å². The highest BCUT2D eigenvalue weighted by Crippen LogP contribution is 2.19. The van der Waals surface area contributed by atoms with E-state index in [4.69, 9.17) is 0 Å². The lowest BCUT2D eigenvalue weighted by Gasteiger charge is -2.33. The molecule has 4 nitrogen and oxygen atoms in total. The van der Waals surface area contributed by atoms with Crippen molar-refractivity contribution in [1.82, 2.24) is 4.90 Å². The van der Waals surface area contributed by atoms with Crippen LogP contribution < -0.4 is 5.32 Å². The van der Waals surface area contributed by atoms with Gasteiger partial charge < -0.3 is 10.2 Å². The van der Waals surface area contributed by atoms with Crippen LogP contribution in [0.25, 0.3) is 0 Å². The Morgan fingerprint density at radius 3 is 2.65 bits per heavy atom. The zero-order chi connectivity index (χ0) is 17.0. The van der Waals surface area contributed by atoms with Gasteiger partial charge in [-0.25, -0.2) is 0 Å². The summed E-state index contributed by atoms with van der Waals surface area (Å²) in [5.74, 6) is -0.349. The van der Waals surface area contributed by atoms with E-state index in [0.717, 1.165) is 18.5 Å². The number of aryl methyl sites for hydroxylation is 2. The van der Waals surface area contributed by atoms with Gasteiger partial charge in [0, 0.05) is 31.2 Å². The third kappa shape index (κ3) is 4.81. The molecule has 23 heavy (non-hydrogen) atoms. The average Bonchev–Trinajstić information content (AvgIpc) is 2.50. The molecule has 2 rings (SSSR count). The Morgan fingerprint density at radius 1 is 1.26 bits per heavy atom. The number of likely N-dealkylation sites (tertiary alicyclic amines) is 1. The molecule has 1 N–H and O–H groups in total. The van der Waals surface area contributed by atoms with Crippen molar-refractivity contribution in [2.24, 2.45) is 5.92 Å². The van der Waals surface area contributed by atoms with Gasteiger partial charge in [0.25, 0.3) is 5.91 Å². The van der Waals surface area contributed by atoms with Gasteiger partial charge in [-0.1, -0.05) is 19.9 Å². The first-order chi connectivity index (χ1) is 10.9. The van der Waals surface area contributed by atoms with E-state index in [1.54, 1.807) is 4.90 Å². The Kier molecular flexibility index (Phi) is 5.80. The van der Waals surface area contributed by atoms with E-state index in [9.17, 15) is 9.59 Å². The molecule has 126 valence electrons. The largest absolute Gasteiger partial charge is 0.381 e. The molecule has 1 atom stereocenters. The monoisotopic (exact) mass is 316 g/mol. The van der Waals surface area contributed by atoms with Crippen molar-refractivity contribution in [2.75, 3.05) is 18.4 Å². The summed E-state index contributed by atoms with van der Waals surface area (Å²) in [4.78, 5) is 26.0. The summed E-state index contributed by atoms with van der Waals surface area (Å²) < 4.78 is 0. The Hall–Kier alpha value is -1.84. The van der Waals surface area contributed by atoms with Gasteiger partial charge in [-0.15, -0.1) is 0 Å². The number of carbonyl (C=O) groups is 2. The minimum Gasteiger partial charge on any atom is -0.381 e. The molecule has 0 radical (unpaired) electrons. The maximum absolute atomic E-state index is 12.3. The summed E-state index contributed by atoms with van der Waals surface area (Å²) in [6.45, 7) is 9.42. The van der Waals surface area contributed by atoms with E-state index in [-0.39, 0.29) is 23.7 Å². The fourth-order valence-electron chi connectivity index (χ4n) is 2.98. The summed E-state index contributed by atoms with van der Waals surface area (Å²) in [6, 6.07) is 6.53. The molecule has 0 bridgehead atoms. The topological polar surface area (TPSA) is 49.4 Å². The lowest BCUT2D eigenvalue weighted by atomic mass is 10.0. The van der Waals surface area contributed by atoms with Crippen molar-refractivity contribution in [3.63, 3.8) is 0 Å². The number of amides is 1. The first-order valence-corrected chi connectivity index (χ1v) is 8.52. The van der Waals surface area contributed by atoms with Crippen LogP contribution in [0.5, 0.6) is 0 Å². The summed E-state index contributed by atoms with van der Waals surface area (Å²) in [7, 11) is 0. The van der Waals surface area contributed by atoms with Crippen LogP contribution in [0.3, 0.4) is 0 Å². The Balaban J connectivity index is 1.96. The van der Waals surface area contributed by atoms with E-state index < -0.39 is 0 Å². The molecular formula is C19H28N2O2. The number of piperidine rings is 1. The summed E-state index contributed by atoms with van der Waals surface area (Å²) in [5, 5.41) is 3.51. The zero-order valence-corrected chi connectivity index (χ0v) is 14.7. The molecule has 1 heterocycles. The maximum atomic E-state index is 12.3. The fourth-order valence-corrected chi connectivity index (χ4v) is 2.98. The van der Waals surface area contributed by atoms with Gasteiger partial charge in [-0.2, -0.15) is 0 Å². The fraction of sp³-hybridized carbons (Fsp3) is 0.579. The molecule has 0 spiro atoms. The summed E-state index contributed by atoms with van der Waals surface area (Å²) in [6.07, 6.45) is 2.29. The van der Waals surface area contributed by atoms with Crippen LogP contribution in [0.15, 0.2) is 18.2 Å². The van der Waals surface area contributed by atoms with Crippen LogP contribution in [-0.2, 0) is 9.59 Å². The zero-order valence-electron chi connectivity index (χ0n) is 14.7. The van der Waals surface area contributed by atoms with E-state index in [2.05, 4.69) is 37.4 Å². The number of ketones is 1. The number of carbonyl (C=O) groups excluding carboxylic acids is 2. The number of Topliss-reactive ketones (excluding diaryl/α,β-unsaturated/α-hetero) is 1. The Bertz CT molecular complexity index is 581. The van der Waals surface area contributed by atoms with E-state index in [1.165, 1.54) is 11.1 Å². The number of rotatable bonds is 5. The second kappa shape index (κ2) is 7.62. The third-order valence-electron chi connectivity index (χ3n) is 4.42. The van der Waals surface area contributed by atoms with E-state index in [1.807, 2.05) is 13.8 Å². The van der Waals surface area contributed by atoms with Gasteiger partial charge in [0.2, 0.25) is 5.78 Å². The quantitative estimate of drug-likeness (QED) is 0.848. The molecule has 1 aromatic rings. The third-order valence-corrected chi connectivity index (χ3v) is 4.42. The molecule has 0 unspecified atom stereocenters. The van der Waals surface area contributed by atoms with Crippen molar-refractivity contribution in [3.8, 4) is 0 Å². The number of hydrogen-bond donors (Lipinski definition) is 1. The highest BCUT2D eigenvalue weighted by molar-refractivity contribution is 6.36. The number of anilines is 1. The van der Waals surface area contributed by atoms with Crippen molar-refractivity contribution >= 4 is 17.4 Å². The predicted molar refractivity (Wildman–Crippen MR) is 93.6 cm³/mol. The maximum Gasteiger partial charge on any atom is 0.290 e. The molecule has 0 saturated carbocycles. The predicted octanol–water partition coefficient (Wildman–Crippen LogP) is 3.32. The summed E-state index contributed by atoms with van der Waals surface area (Å²) in [5.41, 5.74) is 3.61. The molecule has 1 saturated heterocycles. The van der Waals surface area contributed by atoms with Gasteiger partial charge in [0.15, 0.2) is 0 Å². The van der Waals surface area contributed by atoms with Gasteiger partial charge in [0.1, 0.15) is 0 Å². The molecule has 0 aliphatic carbocycles. The van der Waals surface area contributed by atoms with Crippen LogP contribution in [0, 0.1) is 19.8 Å². The second-order valence-corrected chi connectivity index (χ2v) is 7.05. The van der Waals surface area contributed by atoms with E-state index >= 15 is 0 Å². The smallest absolute Gasteiger partial charge is 0.290 e. The first kappa shape index (κ1) is 17.5. The van der Waals surface area contributed by atoms with Gasteiger partial charge in [-0.3, -0.25) is 9.59 Å². The highest BCUT2D eigenvalue weighted by Gasteiger charge is 2.27. The van der Waals surface area contributed by atoms with Gasteiger partial charge in [0.05, 0.1) is 0 Å². The molecule has 1 aromatic carbocycles. The number of hydrogen-bond acceptors (Lipinski definition) is 3. The highest BCUT2D eigenvalue weighted by atomic mass is 16.2. The number of benzene rings is 1. The number of nitrogens with zero attached hydrogens (tertiary/aromatic N) is 1. The first-order valence-electron chi connectivity index (χ1n) is 8.52. The summed E-state index contributed by atoms with van der Waals surface area (Å²) >= 11 is 0. The van der Waals surface area contributed by atoms with Crippen molar-refractivity contribution in [2.45, 2.75) is 53.0 Å². The molecule has 1 amide bonds. The molecule has 1 aliphatic rings. The average molecular weight is 316 g/mol. The molecular weight excluding hydrogens is 288 g/mol. The minimum absolute atomic E-state index is 0.210.